The van der Waals surface area contributed by atoms with Gasteiger partial charge < -0.3 is 15.0 Å². The summed E-state index contributed by atoms with van der Waals surface area (Å²) in [5.74, 6) is 0.0814. The third kappa shape index (κ3) is 3.32. The molecule has 1 aromatic carbocycles. The summed E-state index contributed by atoms with van der Waals surface area (Å²) in [6, 6.07) is 10.4. The van der Waals surface area contributed by atoms with Gasteiger partial charge in [0.1, 0.15) is 0 Å². The Morgan fingerprint density at radius 3 is 2.55 bits per heavy atom. The lowest BCUT2D eigenvalue weighted by atomic mass is 10.1. The number of nitrogens with zero attached hydrogens (tertiary/aromatic N) is 2. The van der Waals surface area contributed by atoms with Crippen molar-refractivity contribution < 1.29 is 9.53 Å². The average Bonchev–Trinajstić information content (AvgIpc) is 3.11. The molecule has 1 N–H and O–H groups in total. The van der Waals surface area contributed by atoms with Crippen LogP contribution in [-0.4, -0.2) is 68.1 Å². The van der Waals surface area contributed by atoms with Gasteiger partial charge in [0.05, 0.1) is 0 Å². The standard InChI is InChI=1S/C17H25N3O2/c1-22-16(14-5-3-2-4-6-14)17(21)20-11-9-19(10-12-20)15-7-8-18-13-15/h2-6,15-16,18H,7-13H2,1H3. The highest BCUT2D eigenvalue weighted by Gasteiger charge is 2.31. The lowest BCUT2D eigenvalue weighted by Gasteiger charge is -2.38. The van der Waals surface area contributed by atoms with Gasteiger partial charge in [0.15, 0.2) is 6.10 Å². The van der Waals surface area contributed by atoms with E-state index in [-0.39, 0.29) is 5.91 Å². The first kappa shape index (κ1) is 15.5. The normalized spacial score (nSPS) is 24.4. The van der Waals surface area contributed by atoms with Gasteiger partial charge in [-0.15, -0.1) is 0 Å². The van der Waals surface area contributed by atoms with Crippen molar-refractivity contribution in [3.8, 4) is 0 Å². The van der Waals surface area contributed by atoms with E-state index in [0.29, 0.717) is 6.04 Å². The summed E-state index contributed by atoms with van der Waals surface area (Å²) < 4.78 is 5.46. The van der Waals surface area contributed by atoms with Crippen LogP contribution in [0.15, 0.2) is 30.3 Å². The first-order chi connectivity index (χ1) is 10.8. The summed E-state index contributed by atoms with van der Waals surface area (Å²) in [5, 5.41) is 3.41. The zero-order chi connectivity index (χ0) is 15.4. The van der Waals surface area contributed by atoms with Crippen molar-refractivity contribution in [1.29, 1.82) is 0 Å². The molecule has 0 saturated carbocycles. The Kier molecular flexibility index (Phi) is 5.08. The molecule has 5 nitrogen and oxygen atoms in total. The largest absolute Gasteiger partial charge is 0.367 e. The molecule has 2 heterocycles. The summed E-state index contributed by atoms with van der Waals surface area (Å²) in [6.45, 7) is 5.71. The van der Waals surface area contributed by atoms with Crippen LogP contribution in [0, 0.1) is 0 Å². The smallest absolute Gasteiger partial charge is 0.256 e. The van der Waals surface area contributed by atoms with Crippen LogP contribution >= 0.6 is 0 Å². The molecule has 1 aromatic rings. The second-order valence-corrected chi connectivity index (χ2v) is 6.03. The molecular formula is C17H25N3O2. The SMILES string of the molecule is COC(C(=O)N1CCN(C2CCNC2)CC1)c1ccccc1. The van der Waals surface area contributed by atoms with Gasteiger partial charge in [-0.2, -0.15) is 0 Å². The van der Waals surface area contributed by atoms with Gasteiger partial charge in [-0.3, -0.25) is 9.69 Å². The molecule has 1 amide bonds. The second-order valence-electron chi connectivity index (χ2n) is 6.03. The fourth-order valence-corrected chi connectivity index (χ4v) is 3.43. The number of carbonyl (C=O) groups is 1. The van der Waals surface area contributed by atoms with Crippen molar-refractivity contribution in [2.75, 3.05) is 46.4 Å². The maximum atomic E-state index is 12.7. The summed E-state index contributed by atoms with van der Waals surface area (Å²) in [6.07, 6.45) is 0.736. The van der Waals surface area contributed by atoms with E-state index in [1.54, 1.807) is 7.11 Å². The minimum atomic E-state index is -0.485. The lowest BCUT2D eigenvalue weighted by Crippen LogP contribution is -2.53. The first-order valence-corrected chi connectivity index (χ1v) is 8.11. The molecule has 22 heavy (non-hydrogen) atoms. The Labute approximate surface area is 132 Å². The van der Waals surface area contributed by atoms with Gasteiger partial charge in [0, 0.05) is 45.9 Å². The molecule has 0 aromatic heterocycles. The number of methoxy groups -OCH3 is 1. The summed E-state index contributed by atoms with van der Waals surface area (Å²) in [5.41, 5.74) is 0.928. The predicted octanol–water partition coefficient (Wildman–Crippen LogP) is 0.880. The van der Waals surface area contributed by atoms with Crippen molar-refractivity contribution in [3.05, 3.63) is 35.9 Å². The zero-order valence-electron chi connectivity index (χ0n) is 13.2. The van der Waals surface area contributed by atoms with E-state index in [0.717, 1.165) is 44.8 Å². The first-order valence-electron chi connectivity index (χ1n) is 8.11. The van der Waals surface area contributed by atoms with Crippen molar-refractivity contribution in [1.82, 2.24) is 15.1 Å². The molecule has 0 bridgehead atoms. The summed E-state index contributed by atoms with van der Waals surface area (Å²) >= 11 is 0. The van der Waals surface area contributed by atoms with Gasteiger partial charge in [-0.1, -0.05) is 30.3 Å². The van der Waals surface area contributed by atoms with E-state index >= 15 is 0 Å². The van der Waals surface area contributed by atoms with E-state index in [9.17, 15) is 4.79 Å². The number of ether oxygens (including phenoxy) is 1. The number of piperazine rings is 1. The Morgan fingerprint density at radius 1 is 1.23 bits per heavy atom. The molecule has 2 fully saturated rings. The highest BCUT2D eigenvalue weighted by atomic mass is 16.5. The van der Waals surface area contributed by atoms with Gasteiger partial charge >= 0.3 is 0 Å². The molecule has 2 aliphatic heterocycles. The van der Waals surface area contributed by atoms with Crippen LogP contribution in [0.4, 0.5) is 0 Å². The van der Waals surface area contributed by atoms with Gasteiger partial charge in [-0.05, 0) is 18.5 Å². The van der Waals surface area contributed by atoms with Crippen LogP contribution in [0.5, 0.6) is 0 Å². The van der Waals surface area contributed by atoms with E-state index in [1.807, 2.05) is 35.2 Å². The molecule has 2 aliphatic rings. The number of amides is 1. The maximum Gasteiger partial charge on any atom is 0.256 e. The minimum Gasteiger partial charge on any atom is -0.367 e. The Balaban J connectivity index is 1.58. The van der Waals surface area contributed by atoms with E-state index < -0.39 is 6.10 Å². The molecule has 0 aliphatic carbocycles. The number of carbonyl (C=O) groups excluding carboxylic acids is 1. The predicted molar refractivity (Wildman–Crippen MR) is 85.6 cm³/mol. The zero-order valence-corrected chi connectivity index (χ0v) is 13.2. The van der Waals surface area contributed by atoms with E-state index in [4.69, 9.17) is 4.74 Å². The average molecular weight is 303 g/mol. The highest BCUT2D eigenvalue weighted by Crippen LogP contribution is 2.21. The Morgan fingerprint density at radius 2 is 1.95 bits per heavy atom. The van der Waals surface area contributed by atoms with Crippen LogP contribution in [0.2, 0.25) is 0 Å². The Hall–Kier alpha value is -1.43. The quantitative estimate of drug-likeness (QED) is 0.897. The van der Waals surface area contributed by atoms with Crippen molar-refractivity contribution >= 4 is 5.91 Å². The Bertz CT molecular complexity index is 480. The third-order valence-electron chi connectivity index (χ3n) is 4.74. The topological polar surface area (TPSA) is 44.8 Å². The van der Waals surface area contributed by atoms with Crippen molar-refractivity contribution in [3.63, 3.8) is 0 Å². The van der Waals surface area contributed by atoms with Gasteiger partial charge in [-0.25, -0.2) is 0 Å². The molecule has 2 unspecified atom stereocenters. The van der Waals surface area contributed by atoms with Gasteiger partial charge in [0.2, 0.25) is 0 Å². The van der Waals surface area contributed by atoms with Crippen LogP contribution in [0.1, 0.15) is 18.1 Å². The van der Waals surface area contributed by atoms with E-state index in [2.05, 4.69) is 10.2 Å². The number of hydrogen-bond acceptors (Lipinski definition) is 4. The van der Waals surface area contributed by atoms with Crippen LogP contribution in [0.3, 0.4) is 0 Å². The molecular weight excluding hydrogens is 278 g/mol. The monoisotopic (exact) mass is 303 g/mol. The van der Waals surface area contributed by atoms with Gasteiger partial charge in [0.25, 0.3) is 5.91 Å². The molecule has 5 heteroatoms. The highest BCUT2D eigenvalue weighted by molar-refractivity contribution is 5.82. The molecule has 0 spiro atoms. The van der Waals surface area contributed by atoms with Crippen LogP contribution in [0.25, 0.3) is 0 Å². The van der Waals surface area contributed by atoms with Crippen molar-refractivity contribution in [2.45, 2.75) is 18.6 Å². The number of rotatable bonds is 4. The minimum absolute atomic E-state index is 0.0814. The number of nitrogens with one attached hydrogen (secondary N) is 1. The fraction of sp³-hybridized carbons (Fsp3) is 0.588. The number of hydrogen-bond donors (Lipinski definition) is 1. The molecule has 2 saturated heterocycles. The summed E-state index contributed by atoms with van der Waals surface area (Å²) in [7, 11) is 1.61. The van der Waals surface area contributed by atoms with Crippen molar-refractivity contribution in [2.24, 2.45) is 0 Å². The number of benzene rings is 1. The molecule has 120 valence electrons. The molecule has 0 radical (unpaired) electrons. The molecule has 3 rings (SSSR count). The van der Waals surface area contributed by atoms with Crippen LogP contribution in [-0.2, 0) is 9.53 Å². The fourth-order valence-electron chi connectivity index (χ4n) is 3.43. The summed E-state index contributed by atoms with van der Waals surface area (Å²) in [4.78, 5) is 17.2. The maximum absolute atomic E-state index is 12.7. The molecule has 2 atom stereocenters. The third-order valence-corrected chi connectivity index (χ3v) is 4.74. The van der Waals surface area contributed by atoms with E-state index in [1.165, 1.54) is 6.42 Å². The lowest BCUT2D eigenvalue weighted by molar-refractivity contribution is -0.144. The second kappa shape index (κ2) is 7.22. The van der Waals surface area contributed by atoms with Crippen LogP contribution < -0.4 is 5.32 Å².